The fraction of sp³-hybridized carbons (Fsp3) is 0.167. The number of carbonyl (C=O) groups excluding carboxylic acids is 1. The van der Waals surface area contributed by atoms with Crippen molar-refractivity contribution in [3.8, 4) is 5.69 Å². The van der Waals surface area contributed by atoms with Crippen molar-refractivity contribution in [2.45, 2.75) is 13.0 Å². The molecule has 0 aliphatic carbocycles. The first-order valence-electron chi connectivity index (χ1n) is 5.32. The van der Waals surface area contributed by atoms with Gasteiger partial charge in [-0.25, -0.2) is 9.07 Å². The van der Waals surface area contributed by atoms with Gasteiger partial charge in [-0.15, -0.1) is 0 Å². The smallest absolute Gasteiger partial charge is 0.269 e. The summed E-state index contributed by atoms with van der Waals surface area (Å²) in [5.41, 5.74) is 6.09. The number of aliphatic hydroxyl groups excluding tert-OH is 1. The minimum absolute atomic E-state index is 0.107. The van der Waals surface area contributed by atoms with Crippen LogP contribution >= 0.6 is 0 Å². The minimum Gasteiger partial charge on any atom is -0.389 e. The fourth-order valence-corrected chi connectivity index (χ4v) is 1.66. The van der Waals surface area contributed by atoms with E-state index in [0.29, 0.717) is 11.3 Å². The number of hydrogen-bond acceptors (Lipinski definition) is 3. The Labute approximate surface area is 103 Å². The number of hydrogen-bond donors (Lipinski definition) is 2. The van der Waals surface area contributed by atoms with Gasteiger partial charge in [-0.2, -0.15) is 5.10 Å². The Morgan fingerprint density at radius 1 is 1.50 bits per heavy atom. The number of primary amides is 1. The van der Waals surface area contributed by atoms with Crippen LogP contribution in [0.15, 0.2) is 30.5 Å². The molecule has 1 heterocycles. The van der Waals surface area contributed by atoms with Crippen LogP contribution in [0.3, 0.4) is 0 Å². The predicted molar refractivity (Wildman–Crippen MR) is 62.7 cm³/mol. The van der Waals surface area contributed by atoms with E-state index in [9.17, 15) is 14.3 Å². The summed E-state index contributed by atoms with van der Waals surface area (Å²) >= 11 is 0. The average Bonchev–Trinajstić information content (AvgIpc) is 2.78. The van der Waals surface area contributed by atoms with Crippen molar-refractivity contribution in [3.05, 3.63) is 47.5 Å². The summed E-state index contributed by atoms with van der Waals surface area (Å²) < 4.78 is 14.5. The average molecular weight is 249 g/mol. The zero-order valence-electron chi connectivity index (χ0n) is 9.67. The van der Waals surface area contributed by atoms with E-state index < -0.39 is 17.8 Å². The van der Waals surface area contributed by atoms with Gasteiger partial charge in [0.25, 0.3) is 5.91 Å². The van der Waals surface area contributed by atoms with Crippen LogP contribution in [0.5, 0.6) is 0 Å². The monoisotopic (exact) mass is 249 g/mol. The van der Waals surface area contributed by atoms with Crippen LogP contribution in [-0.2, 0) is 0 Å². The molecule has 5 nitrogen and oxygen atoms in total. The van der Waals surface area contributed by atoms with Gasteiger partial charge in [-0.05, 0) is 31.2 Å². The van der Waals surface area contributed by atoms with Crippen LogP contribution < -0.4 is 5.73 Å². The minimum atomic E-state index is -0.850. The summed E-state index contributed by atoms with van der Waals surface area (Å²) in [6, 6.07) is 5.42. The van der Waals surface area contributed by atoms with Gasteiger partial charge in [0.15, 0.2) is 0 Å². The van der Waals surface area contributed by atoms with Crippen LogP contribution in [0.25, 0.3) is 5.69 Å². The number of nitrogens with zero attached hydrogens (tertiary/aromatic N) is 2. The van der Waals surface area contributed by atoms with Crippen LogP contribution in [0, 0.1) is 5.82 Å². The van der Waals surface area contributed by atoms with Gasteiger partial charge in [0, 0.05) is 11.8 Å². The van der Waals surface area contributed by atoms with Crippen molar-refractivity contribution in [3.63, 3.8) is 0 Å². The molecule has 0 unspecified atom stereocenters. The lowest BCUT2D eigenvalue weighted by Gasteiger charge is -2.11. The molecule has 0 saturated carbocycles. The third-order valence-electron chi connectivity index (χ3n) is 2.53. The Bertz CT molecular complexity index is 593. The standard InChI is InChI=1S/C12H12FN3O2/c1-7(17)9-6-8(13)2-3-11(9)16-5-4-10(15-16)12(14)18/h2-7,17H,1H3,(H2,14,18)/t7-/m1/s1. The van der Waals surface area contributed by atoms with Gasteiger partial charge in [-0.1, -0.05) is 0 Å². The van der Waals surface area contributed by atoms with E-state index in [4.69, 9.17) is 5.73 Å². The maximum atomic E-state index is 13.1. The molecule has 0 aliphatic rings. The highest BCUT2D eigenvalue weighted by molar-refractivity contribution is 5.90. The third kappa shape index (κ3) is 2.23. The van der Waals surface area contributed by atoms with Crippen molar-refractivity contribution in [2.24, 2.45) is 5.73 Å². The van der Waals surface area contributed by atoms with Crippen LogP contribution in [-0.4, -0.2) is 20.8 Å². The highest BCUT2D eigenvalue weighted by Gasteiger charge is 2.13. The maximum absolute atomic E-state index is 13.1. The van der Waals surface area contributed by atoms with Gasteiger partial charge >= 0.3 is 0 Å². The molecule has 18 heavy (non-hydrogen) atoms. The van der Waals surface area contributed by atoms with E-state index >= 15 is 0 Å². The molecule has 0 fully saturated rings. The first-order chi connectivity index (χ1) is 8.49. The fourth-order valence-electron chi connectivity index (χ4n) is 1.66. The van der Waals surface area contributed by atoms with Crippen LogP contribution in [0.2, 0.25) is 0 Å². The Morgan fingerprint density at radius 3 is 2.78 bits per heavy atom. The number of carbonyl (C=O) groups is 1. The summed E-state index contributed by atoms with van der Waals surface area (Å²) in [6.07, 6.45) is 0.677. The molecule has 94 valence electrons. The summed E-state index contributed by atoms with van der Waals surface area (Å²) in [5.74, 6) is -1.09. The molecule has 3 N–H and O–H groups in total. The molecule has 1 amide bonds. The van der Waals surface area contributed by atoms with Gasteiger partial charge in [0.2, 0.25) is 0 Å². The van der Waals surface area contributed by atoms with Crippen LogP contribution in [0.4, 0.5) is 4.39 Å². The Morgan fingerprint density at radius 2 is 2.22 bits per heavy atom. The van der Waals surface area contributed by atoms with Crippen molar-refractivity contribution in [1.29, 1.82) is 0 Å². The Hall–Kier alpha value is -2.21. The molecule has 1 aromatic heterocycles. The molecule has 1 atom stereocenters. The molecule has 6 heteroatoms. The second-order valence-corrected chi connectivity index (χ2v) is 3.89. The number of nitrogens with two attached hydrogens (primary N) is 1. The maximum Gasteiger partial charge on any atom is 0.269 e. The molecule has 2 rings (SSSR count). The van der Waals surface area contributed by atoms with Crippen molar-refractivity contribution >= 4 is 5.91 Å². The van der Waals surface area contributed by atoms with E-state index in [1.165, 1.54) is 42.1 Å². The summed E-state index contributed by atoms with van der Waals surface area (Å²) in [7, 11) is 0. The largest absolute Gasteiger partial charge is 0.389 e. The van der Waals surface area contributed by atoms with Crippen molar-refractivity contribution < 1.29 is 14.3 Å². The van der Waals surface area contributed by atoms with E-state index in [-0.39, 0.29) is 5.69 Å². The number of aromatic nitrogens is 2. The molecule has 0 spiro atoms. The van der Waals surface area contributed by atoms with Gasteiger partial charge in [0.05, 0.1) is 11.8 Å². The molecule has 0 bridgehead atoms. The molecule has 0 saturated heterocycles. The molecule has 1 aromatic carbocycles. The van der Waals surface area contributed by atoms with Crippen molar-refractivity contribution in [1.82, 2.24) is 9.78 Å². The number of aliphatic hydroxyl groups is 1. The molecule has 0 aliphatic heterocycles. The molecule has 0 radical (unpaired) electrons. The summed E-state index contributed by atoms with van der Waals surface area (Å²) in [5, 5.41) is 13.6. The van der Waals surface area contributed by atoms with E-state index in [2.05, 4.69) is 5.10 Å². The third-order valence-corrected chi connectivity index (χ3v) is 2.53. The van der Waals surface area contributed by atoms with Gasteiger partial charge < -0.3 is 10.8 Å². The predicted octanol–water partition coefficient (Wildman–Crippen LogP) is 1.16. The first-order valence-corrected chi connectivity index (χ1v) is 5.32. The quantitative estimate of drug-likeness (QED) is 0.856. The number of halogens is 1. The summed E-state index contributed by atoms with van der Waals surface area (Å²) in [6.45, 7) is 1.52. The summed E-state index contributed by atoms with van der Waals surface area (Å²) in [4.78, 5) is 11.0. The topological polar surface area (TPSA) is 81.1 Å². The zero-order valence-corrected chi connectivity index (χ0v) is 9.67. The van der Waals surface area contributed by atoms with Gasteiger partial charge in [0.1, 0.15) is 11.5 Å². The van der Waals surface area contributed by atoms with Crippen molar-refractivity contribution in [2.75, 3.05) is 0 Å². The highest BCUT2D eigenvalue weighted by atomic mass is 19.1. The van der Waals surface area contributed by atoms with Gasteiger partial charge in [-0.3, -0.25) is 4.79 Å². The second-order valence-electron chi connectivity index (χ2n) is 3.89. The SMILES string of the molecule is C[C@@H](O)c1cc(F)ccc1-n1ccc(C(N)=O)n1. The molecular formula is C12H12FN3O2. The Kier molecular flexibility index (Phi) is 3.12. The zero-order chi connectivity index (χ0) is 13.3. The molecule has 2 aromatic rings. The van der Waals surface area contributed by atoms with Crippen LogP contribution in [0.1, 0.15) is 29.1 Å². The number of amides is 1. The number of benzene rings is 1. The Balaban J connectivity index is 2.52. The van der Waals surface area contributed by atoms with E-state index in [1.807, 2.05) is 0 Å². The number of rotatable bonds is 3. The van der Waals surface area contributed by atoms with E-state index in [1.54, 1.807) is 0 Å². The normalized spacial score (nSPS) is 12.4. The first kappa shape index (κ1) is 12.3. The highest BCUT2D eigenvalue weighted by Crippen LogP contribution is 2.22. The molecular weight excluding hydrogens is 237 g/mol. The lowest BCUT2D eigenvalue weighted by molar-refractivity contribution is 0.0995. The lowest BCUT2D eigenvalue weighted by atomic mass is 10.1. The van der Waals surface area contributed by atoms with E-state index in [0.717, 1.165) is 0 Å². The second kappa shape index (κ2) is 4.58. The lowest BCUT2D eigenvalue weighted by Crippen LogP contribution is -2.12.